The van der Waals surface area contributed by atoms with Crippen LogP contribution < -0.4 is 5.32 Å². The predicted octanol–water partition coefficient (Wildman–Crippen LogP) is -0.0252. The number of carbonyl (C=O) groups excluding carboxylic acids is 1. The van der Waals surface area contributed by atoms with Crippen LogP contribution in [0.3, 0.4) is 0 Å². The number of carboxylic acids is 1. The summed E-state index contributed by atoms with van der Waals surface area (Å²) in [4.78, 5) is 21.8. The maximum Gasteiger partial charge on any atom is 0.326 e. The van der Waals surface area contributed by atoms with E-state index in [1.165, 1.54) is 6.92 Å². The number of carboxylic acid groups (broad SMARTS) is 1. The second kappa shape index (κ2) is 5.81. The van der Waals surface area contributed by atoms with Crippen LogP contribution in [0.5, 0.6) is 0 Å². The van der Waals surface area contributed by atoms with Crippen molar-refractivity contribution in [1.82, 2.24) is 5.32 Å². The number of aliphatic carboxylic acids is 1. The molecule has 6 nitrogen and oxygen atoms in total. The number of amides is 1. The Hall–Kier alpha value is -1.14. The maximum absolute atomic E-state index is 11.0. The van der Waals surface area contributed by atoms with Crippen molar-refractivity contribution < 1.29 is 24.2 Å². The van der Waals surface area contributed by atoms with Crippen molar-refractivity contribution in [2.24, 2.45) is 5.92 Å². The van der Waals surface area contributed by atoms with Gasteiger partial charge in [0.15, 0.2) is 6.29 Å². The highest BCUT2D eigenvalue weighted by molar-refractivity contribution is 5.82. The zero-order valence-electron chi connectivity index (χ0n) is 9.43. The van der Waals surface area contributed by atoms with Crippen LogP contribution in [0.2, 0.25) is 0 Å². The third-order valence-electron chi connectivity index (χ3n) is 2.45. The molecule has 0 bridgehead atoms. The largest absolute Gasteiger partial charge is 0.480 e. The summed E-state index contributed by atoms with van der Waals surface area (Å²) in [5, 5.41) is 11.4. The minimum Gasteiger partial charge on any atom is -0.480 e. The molecule has 1 heterocycles. The van der Waals surface area contributed by atoms with Crippen molar-refractivity contribution in [3.63, 3.8) is 0 Å². The van der Waals surface area contributed by atoms with Gasteiger partial charge in [-0.3, -0.25) is 4.79 Å². The van der Waals surface area contributed by atoms with Gasteiger partial charge >= 0.3 is 5.97 Å². The van der Waals surface area contributed by atoms with Gasteiger partial charge < -0.3 is 19.9 Å². The summed E-state index contributed by atoms with van der Waals surface area (Å²) in [7, 11) is 0. The van der Waals surface area contributed by atoms with Crippen LogP contribution in [-0.4, -0.2) is 42.5 Å². The van der Waals surface area contributed by atoms with E-state index in [2.05, 4.69) is 5.32 Å². The summed E-state index contributed by atoms with van der Waals surface area (Å²) < 4.78 is 10.5. The van der Waals surface area contributed by atoms with Crippen LogP contribution in [0.25, 0.3) is 0 Å². The molecule has 0 aromatic heterocycles. The molecule has 1 saturated heterocycles. The van der Waals surface area contributed by atoms with Crippen LogP contribution in [0.4, 0.5) is 0 Å². The summed E-state index contributed by atoms with van der Waals surface area (Å²) in [5.41, 5.74) is 0. The third-order valence-corrected chi connectivity index (χ3v) is 2.45. The molecule has 2 N–H and O–H groups in total. The molecular weight excluding hydrogens is 214 g/mol. The van der Waals surface area contributed by atoms with Crippen molar-refractivity contribution in [1.29, 1.82) is 0 Å². The smallest absolute Gasteiger partial charge is 0.326 e. The molecular formula is C10H17NO5. The Morgan fingerprint density at radius 1 is 1.44 bits per heavy atom. The summed E-state index contributed by atoms with van der Waals surface area (Å²) in [6.07, 6.45) is 0.0997. The highest BCUT2D eigenvalue weighted by Gasteiger charge is 2.29. The van der Waals surface area contributed by atoms with Gasteiger partial charge in [0.25, 0.3) is 0 Å². The van der Waals surface area contributed by atoms with Gasteiger partial charge in [-0.25, -0.2) is 4.79 Å². The molecule has 0 aliphatic carbocycles. The molecule has 92 valence electrons. The van der Waals surface area contributed by atoms with Gasteiger partial charge in [0.1, 0.15) is 6.04 Å². The topological polar surface area (TPSA) is 84.9 Å². The molecule has 0 saturated carbocycles. The van der Waals surface area contributed by atoms with Crippen molar-refractivity contribution >= 4 is 11.9 Å². The summed E-state index contributed by atoms with van der Waals surface area (Å²) in [6, 6.07) is -0.898. The molecule has 6 heteroatoms. The fourth-order valence-electron chi connectivity index (χ4n) is 1.65. The molecule has 0 aromatic carbocycles. The van der Waals surface area contributed by atoms with Gasteiger partial charge in [-0.05, 0) is 5.92 Å². The Kier molecular flexibility index (Phi) is 4.70. The van der Waals surface area contributed by atoms with Crippen LogP contribution >= 0.6 is 0 Å². The molecule has 2 unspecified atom stereocenters. The molecule has 1 amide bonds. The highest BCUT2D eigenvalue weighted by atomic mass is 16.7. The van der Waals surface area contributed by atoms with Gasteiger partial charge in [0.05, 0.1) is 13.2 Å². The normalized spacial score (nSPS) is 20.4. The van der Waals surface area contributed by atoms with E-state index >= 15 is 0 Å². The second-order valence-electron chi connectivity index (χ2n) is 3.90. The van der Waals surface area contributed by atoms with Crippen molar-refractivity contribution in [2.75, 3.05) is 13.2 Å². The first kappa shape index (κ1) is 12.9. The Labute approximate surface area is 93.9 Å². The minimum atomic E-state index is -1.04. The van der Waals surface area contributed by atoms with Crippen LogP contribution in [0.15, 0.2) is 0 Å². The van der Waals surface area contributed by atoms with Crippen LogP contribution in [0.1, 0.15) is 20.3 Å². The number of carbonyl (C=O) groups is 2. The molecule has 1 aliphatic rings. The molecule has 1 fully saturated rings. The fraction of sp³-hybridized carbons (Fsp3) is 0.800. The van der Waals surface area contributed by atoms with Crippen molar-refractivity contribution in [3.8, 4) is 0 Å². The lowest BCUT2D eigenvalue weighted by Gasteiger charge is -2.22. The maximum atomic E-state index is 11.0. The number of hydrogen-bond donors (Lipinski definition) is 2. The molecule has 16 heavy (non-hydrogen) atoms. The average molecular weight is 231 g/mol. The van der Waals surface area contributed by atoms with Gasteiger partial charge in [-0.1, -0.05) is 6.92 Å². The van der Waals surface area contributed by atoms with Gasteiger partial charge in [-0.2, -0.15) is 0 Å². The molecule has 0 radical (unpaired) electrons. The van der Waals surface area contributed by atoms with E-state index in [9.17, 15) is 9.59 Å². The lowest BCUT2D eigenvalue weighted by Crippen LogP contribution is -2.45. The van der Waals surface area contributed by atoms with Crippen LogP contribution in [0, 0.1) is 5.92 Å². The van der Waals surface area contributed by atoms with E-state index in [0.717, 1.165) is 0 Å². The molecule has 0 aromatic rings. The zero-order chi connectivity index (χ0) is 12.1. The number of nitrogens with one attached hydrogen (secondary N) is 1. The molecule has 1 rings (SSSR count). The van der Waals surface area contributed by atoms with E-state index in [1.807, 2.05) is 0 Å². The number of ether oxygens (including phenoxy) is 2. The SMILES string of the molecule is CC(=O)NC(C(=O)O)C(C)CC1OCCO1. The first-order valence-electron chi connectivity index (χ1n) is 5.24. The Morgan fingerprint density at radius 3 is 2.44 bits per heavy atom. The van der Waals surface area contributed by atoms with Gasteiger partial charge in [0.2, 0.25) is 5.91 Å². The summed E-state index contributed by atoms with van der Waals surface area (Å²) in [5.74, 6) is -1.64. The third kappa shape index (κ3) is 3.79. The number of hydrogen-bond acceptors (Lipinski definition) is 4. The quantitative estimate of drug-likeness (QED) is 0.694. The van der Waals surface area contributed by atoms with Crippen molar-refractivity contribution in [2.45, 2.75) is 32.6 Å². The van der Waals surface area contributed by atoms with E-state index in [0.29, 0.717) is 19.6 Å². The Balaban J connectivity index is 2.48. The molecule has 1 aliphatic heterocycles. The second-order valence-corrected chi connectivity index (χ2v) is 3.90. The van der Waals surface area contributed by atoms with Crippen molar-refractivity contribution in [3.05, 3.63) is 0 Å². The first-order valence-corrected chi connectivity index (χ1v) is 5.24. The fourth-order valence-corrected chi connectivity index (χ4v) is 1.65. The highest BCUT2D eigenvalue weighted by Crippen LogP contribution is 2.17. The van der Waals surface area contributed by atoms with E-state index in [-0.39, 0.29) is 18.1 Å². The van der Waals surface area contributed by atoms with E-state index in [4.69, 9.17) is 14.6 Å². The minimum absolute atomic E-state index is 0.246. The van der Waals surface area contributed by atoms with E-state index in [1.54, 1.807) is 6.92 Å². The summed E-state index contributed by atoms with van der Waals surface area (Å²) in [6.45, 7) is 4.12. The lowest BCUT2D eigenvalue weighted by molar-refractivity contribution is -0.144. The predicted molar refractivity (Wildman–Crippen MR) is 54.7 cm³/mol. The zero-order valence-corrected chi connectivity index (χ0v) is 9.43. The number of rotatable bonds is 5. The Bertz CT molecular complexity index is 262. The van der Waals surface area contributed by atoms with Gasteiger partial charge in [0, 0.05) is 13.3 Å². The average Bonchev–Trinajstić information content (AvgIpc) is 2.65. The summed E-state index contributed by atoms with van der Waals surface area (Å²) >= 11 is 0. The van der Waals surface area contributed by atoms with Gasteiger partial charge in [-0.15, -0.1) is 0 Å². The Morgan fingerprint density at radius 2 is 2.00 bits per heavy atom. The standard InChI is InChI=1S/C10H17NO5/c1-6(5-8-15-3-4-16-8)9(10(13)14)11-7(2)12/h6,8-9H,3-5H2,1-2H3,(H,11,12)(H,13,14). The molecule has 2 atom stereocenters. The lowest BCUT2D eigenvalue weighted by atomic mass is 9.98. The monoisotopic (exact) mass is 231 g/mol. The van der Waals surface area contributed by atoms with E-state index < -0.39 is 12.0 Å². The first-order chi connectivity index (χ1) is 7.50. The van der Waals surface area contributed by atoms with Crippen LogP contribution in [-0.2, 0) is 19.1 Å². The molecule has 0 spiro atoms.